The highest BCUT2D eigenvalue weighted by atomic mass is 32.2. The third-order valence-corrected chi connectivity index (χ3v) is 5.79. The molecular formula is C14H21N3O2S2. The van der Waals surface area contributed by atoms with Gasteiger partial charge >= 0.3 is 0 Å². The number of amidine groups is 1. The molecule has 116 valence electrons. The predicted molar refractivity (Wildman–Crippen MR) is 88.0 cm³/mol. The van der Waals surface area contributed by atoms with Gasteiger partial charge in [0, 0.05) is 11.8 Å². The summed E-state index contributed by atoms with van der Waals surface area (Å²) in [6.45, 7) is 6.09. The molecule has 0 bridgehead atoms. The van der Waals surface area contributed by atoms with Gasteiger partial charge in [0.1, 0.15) is 0 Å². The third kappa shape index (κ3) is 4.72. The number of nitrogens with one attached hydrogen (secondary N) is 1. The largest absolute Gasteiger partial charge is 0.365 e. The Bertz CT molecular complexity index is 610. The first-order chi connectivity index (χ1) is 9.86. The van der Waals surface area contributed by atoms with Crippen molar-refractivity contribution in [2.45, 2.75) is 30.4 Å². The van der Waals surface area contributed by atoms with Crippen molar-refractivity contribution in [3.63, 3.8) is 0 Å². The van der Waals surface area contributed by atoms with Gasteiger partial charge in [-0.25, -0.2) is 13.6 Å². The second-order valence-corrected chi connectivity index (χ2v) is 8.20. The molecule has 0 amide bonds. The fourth-order valence-electron chi connectivity index (χ4n) is 1.99. The lowest BCUT2D eigenvalue weighted by atomic mass is 10.1. The molecule has 1 atom stereocenters. The molecule has 1 aromatic rings. The van der Waals surface area contributed by atoms with Crippen molar-refractivity contribution in [2.75, 3.05) is 13.1 Å². The van der Waals surface area contributed by atoms with E-state index >= 15 is 0 Å². The number of aliphatic imine (C=N–C) groups is 1. The minimum absolute atomic E-state index is 0.148. The second kappa shape index (κ2) is 6.81. The number of benzene rings is 1. The Balaban J connectivity index is 1.80. The van der Waals surface area contributed by atoms with E-state index in [0.29, 0.717) is 11.2 Å². The zero-order chi connectivity index (χ0) is 15.5. The van der Waals surface area contributed by atoms with E-state index in [1.54, 1.807) is 36.0 Å². The highest BCUT2D eigenvalue weighted by molar-refractivity contribution is 8.14. The number of rotatable bonds is 5. The molecule has 5 nitrogen and oxygen atoms in total. The van der Waals surface area contributed by atoms with Crippen LogP contribution >= 0.6 is 11.8 Å². The summed E-state index contributed by atoms with van der Waals surface area (Å²) < 4.78 is 22.3. The number of hydrogen-bond acceptors (Lipinski definition) is 5. The average Bonchev–Trinajstić information content (AvgIpc) is 2.87. The van der Waals surface area contributed by atoms with E-state index in [9.17, 15) is 8.42 Å². The van der Waals surface area contributed by atoms with Crippen LogP contribution in [-0.2, 0) is 16.4 Å². The van der Waals surface area contributed by atoms with Crippen LogP contribution in [-0.4, -0.2) is 31.9 Å². The van der Waals surface area contributed by atoms with Gasteiger partial charge in [-0.1, -0.05) is 37.7 Å². The first-order valence-electron chi connectivity index (χ1n) is 6.93. The Morgan fingerprint density at radius 1 is 1.38 bits per heavy atom. The summed E-state index contributed by atoms with van der Waals surface area (Å²) in [6.07, 6.45) is 0.816. The average molecular weight is 327 g/mol. The molecule has 1 heterocycles. The summed E-state index contributed by atoms with van der Waals surface area (Å²) in [7, 11) is -3.61. The van der Waals surface area contributed by atoms with Gasteiger partial charge in [-0.15, -0.1) is 0 Å². The summed E-state index contributed by atoms with van der Waals surface area (Å²) in [5, 5.41) is 9.98. The lowest BCUT2D eigenvalue weighted by Crippen LogP contribution is -2.23. The van der Waals surface area contributed by atoms with Crippen LogP contribution < -0.4 is 10.5 Å². The highest BCUT2D eigenvalue weighted by Gasteiger charge is 2.21. The maximum Gasteiger partial charge on any atom is 0.238 e. The van der Waals surface area contributed by atoms with Gasteiger partial charge in [0.2, 0.25) is 10.0 Å². The Morgan fingerprint density at radius 3 is 2.57 bits per heavy atom. The normalized spacial score (nSPS) is 18.9. The van der Waals surface area contributed by atoms with Crippen LogP contribution in [0.25, 0.3) is 0 Å². The fraction of sp³-hybridized carbons (Fsp3) is 0.500. The molecule has 0 radical (unpaired) electrons. The third-order valence-electron chi connectivity index (χ3n) is 3.36. The van der Waals surface area contributed by atoms with Gasteiger partial charge in [0.05, 0.1) is 11.4 Å². The maximum absolute atomic E-state index is 11.2. The van der Waals surface area contributed by atoms with Crippen molar-refractivity contribution in [1.82, 2.24) is 5.32 Å². The number of nitrogens with zero attached hydrogens (tertiary/aromatic N) is 1. The summed E-state index contributed by atoms with van der Waals surface area (Å²) in [5.74, 6) is 0.629. The van der Waals surface area contributed by atoms with Gasteiger partial charge in [-0.2, -0.15) is 0 Å². The molecule has 1 aliphatic rings. The van der Waals surface area contributed by atoms with Crippen LogP contribution in [0.3, 0.4) is 0 Å². The molecule has 7 heteroatoms. The van der Waals surface area contributed by atoms with Crippen molar-refractivity contribution in [3.05, 3.63) is 29.8 Å². The van der Waals surface area contributed by atoms with E-state index in [1.807, 2.05) is 0 Å². The molecular weight excluding hydrogens is 306 g/mol. The van der Waals surface area contributed by atoms with E-state index in [0.717, 1.165) is 30.2 Å². The van der Waals surface area contributed by atoms with Crippen molar-refractivity contribution in [2.24, 2.45) is 16.0 Å². The molecule has 21 heavy (non-hydrogen) atoms. The number of nitrogens with two attached hydrogens (primary N) is 1. The molecule has 0 aliphatic carbocycles. The number of hydrogen-bond donors (Lipinski definition) is 2. The minimum Gasteiger partial charge on any atom is -0.365 e. The van der Waals surface area contributed by atoms with Crippen LogP contribution in [0.5, 0.6) is 0 Å². The first kappa shape index (κ1) is 16.3. The second-order valence-electron chi connectivity index (χ2n) is 5.41. The molecule has 0 fully saturated rings. The molecule has 2 rings (SSSR count). The molecule has 0 saturated heterocycles. The van der Waals surface area contributed by atoms with Crippen LogP contribution in [0, 0.1) is 5.92 Å². The van der Waals surface area contributed by atoms with E-state index < -0.39 is 10.0 Å². The van der Waals surface area contributed by atoms with Gasteiger partial charge < -0.3 is 5.32 Å². The van der Waals surface area contributed by atoms with E-state index in [4.69, 9.17) is 5.14 Å². The van der Waals surface area contributed by atoms with Crippen molar-refractivity contribution in [3.8, 4) is 0 Å². The van der Waals surface area contributed by atoms with E-state index in [-0.39, 0.29) is 4.90 Å². The van der Waals surface area contributed by atoms with E-state index in [1.165, 1.54) is 0 Å². The van der Waals surface area contributed by atoms with Crippen LogP contribution in [0.4, 0.5) is 0 Å². The Kier molecular flexibility index (Phi) is 5.29. The summed E-state index contributed by atoms with van der Waals surface area (Å²) in [5.41, 5.74) is 1.07. The quantitative estimate of drug-likeness (QED) is 0.860. The summed E-state index contributed by atoms with van der Waals surface area (Å²) in [4.78, 5) is 4.64. The van der Waals surface area contributed by atoms with Crippen LogP contribution in [0.1, 0.15) is 19.4 Å². The van der Waals surface area contributed by atoms with E-state index in [2.05, 4.69) is 24.2 Å². The zero-order valence-electron chi connectivity index (χ0n) is 12.2. The van der Waals surface area contributed by atoms with Gasteiger partial charge in [0.15, 0.2) is 5.17 Å². The molecule has 1 aliphatic heterocycles. The van der Waals surface area contributed by atoms with Crippen molar-refractivity contribution in [1.29, 1.82) is 0 Å². The standard InChI is InChI=1S/C14H21N3O2S2/c1-10(2)13-9-17-14(20-13)16-8-7-11-3-5-12(6-4-11)21(15,18)19/h3-6,10,13H,7-9H2,1-2H3,(H,16,17)(H2,15,18,19). The minimum atomic E-state index is -3.61. The van der Waals surface area contributed by atoms with Gasteiger partial charge in [-0.3, -0.25) is 4.99 Å². The monoisotopic (exact) mass is 327 g/mol. The molecule has 1 aromatic carbocycles. The molecule has 0 aromatic heterocycles. The topological polar surface area (TPSA) is 84.5 Å². The maximum atomic E-state index is 11.2. The van der Waals surface area contributed by atoms with Crippen molar-refractivity contribution >= 4 is 27.0 Å². The summed E-state index contributed by atoms with van der Waals surface area (Å²) in [6, 6.07) is 6.67. The lowest BCUT2D eigenvalue weighted by molar-refractivity contribution is 0.598. The Hall–Kier alpha value is -1.05. The Morgan fingerprint density at radius 2 is 2.05 bits per heavy atom. The molecule has 0 spiro atoms. The molecule has 0 saturated carbocycles. The fourth-order valence-corrected chi connectivity index (χ4v) is 3.55. The molecule has 3 N–H and O–H groups in total. The van der Waals surface area contributed by atoms with Gasteiger partial charge in [-0.05, 0) is 30.0 Å². The Labute approximate surface area is 130 Å². The molecule has 1 unspecified atom stereocenters. The van der Waals surface area contributed by atoms with Crippen LogP contribution in [0.2, 0.25) is 0 Å². The number of thioether (sulfide) groups is 1. The number of sulfonamides is 1. The number of primary sulfonamides is 1. The smallest absolute Gasteiger partial charge is 0.238 e. The SMILES string of the molecule is CC(C)C1CN=C(NCCc2ccc(S(N)(=O)=O)cc2)S1. The first-order valence-corrected chi connectivity index (χ1v) is 9.35. The van der Waals surface area contributed by atoms with Crippen molar-refractivity contribution < 1.29 is 8.42 Å². The predicted octanol–water partition coefficient (Wildman–Crippen LogP) is 1.59. The van der Waals surface area contributed by atoms with Crippen LogP contribution in [0.15, 0.2) is 34.2 Å². The lowest BCUT2D eigenvalue weighted by Gasteiger charge is -2.12. The highest BCUT2D eigenvalue weighted by Crippen LogP contribution is 2.25. The zero-order valence-corrected chi connectivity index (χ0v) is 13.9. The summed E-state index contributed by atoms with van der Waals surface area (Å²) >= 11 is 1.80. The van der Waals surface area contributed by atoms with Gasteiger partial charge in [0.25, 0.3) is 0 Å².